The van der Waals surface area contributed by atoms with Crippen LogP contribution in [0.3, 0.4) is 0 Å². The summed E-state index contributed by atoms with van der Waals surface area (Å²) >= 11 is 0. The molecule has 0 heterocycles. The minimum atomic E-state index is 0.549. The Morgan fingerprint density at radius 1 is 1.50 bits per heavy atom. The van der Waals surface area contributed by atoms with Gasteiger partial charge in [0, 0.05) is 11.5 Å². The number of nitrogens with zero attached hydrogens (tertiary/aromatic N) is 3. The molecule has 4 heteroatoms. The Labute approximate surface area is 83.1 Å². The van der Waals surface area contributed by atoms with Crippen molar-refractivity contribution in [3.8, 4) is 5.75 Å². The molecule has 0 saturated carbocycles. The third kappa shape index (κ3) is 3.37. The summed E-state index contributed by atoms with van der Waals surface area (Å²) in [5.41, 5.74) is 9.29. The van der Waals surface area contributed by atoms with Gasteiger partial charge in [-0.1, -0.05) is 17.2 Å². The number of hydrogen-bond donors (Lipinski definition) is 0. The maximum absolute atomic E-state index is 8.08. The van der Waals surface area contributed by atoms with Gasteiger partial charge in [-0.2, -0.15) is 0 Å². The molecule has 0 atom stereocenters. The van der Waals surface area contributed by atoms with Crippen LogP contribution in [-0.2, 0) is 6.42 Å². The van der Waals surface area contributed by atoms with Crippen molar-refractivity contribution in [3.63, 3.8) is 0 Å². The van der Waals surface area contributed by atoms with E-state index >= 15 is 0 Å². The molecule has 0 aromatic heterocycles. The van der Waals surface area contributed by atoms with Crippen molar-refractivity contribution in [1.29, 1.82) is 0 Å². The Morgan fingerprint density at radius 2 is 2.36 bits per heavy atom. The van der Waals surface area contributed by atoms with Crippen LogP contribution in [0.5, 0.6) is 5.75 Å². The first kappa shape index (κ1) is 10.4. The van der Waals surface area contributed by atoms with Crippen LogP contribution >= 0.6 is 0 Å². The zero-order valence-corrected chi connectivity index (χ0v) is 8.18. The number of azide groups is 1. The van der Waals surface area contributed by atoms with E-state index in [2.05, 4.69) is 10.0 Å². The fourth-order valence-corrected chi connectivity index (χ4v) is 1.23. The van der Waals surface area contributed by atoms with Crippen molar-refractivity contribution in [2.24, 2.45) is 5.11 Å². The summed E-state index contributed by atoms with van der Waals surface area (Å²) in [6, 6.07) is 7.91. The Balaban J connectivity index is 2.45. The second kappa shape index (κ2) is 5.89. The molecule has 0 unspecified atom stereocenters. The first-order chi connectivity index (χ1) is 6.86. The molecule has 0 amide bonds. The molecule has 14 heavy (non-hydrogen) atoms. The molecule has 0 aliphatic heterocycles. The molecule has 0 saturated heterocycles. The summed E-state index contributed by atoms with van der Waals surface area (Å²) in [5, 5.41) is 3.48. The van der Waals surface area contributed by atoms with E-state index in [1.165, 1.54) is 5.56 Å². The van der Waals surface area contributed by atoms with E-state index in [0.717, 1.165) is 18.6 Å². The zero-order valence-electron chi connectivity index (χ0n) is 8.18. The fraction of sp³-hybridized carbons (Fsp3) is 0.400. The number of hydrogen-bond acceptors (Lipinski definition) is 2. The summed E-state index contributed by atoms with van der Waals surface area (Å²) in [7, 11) is 1.65. The highest BCUT2D eigenvalue weighted by molar-refractivity contribution is 5.28. The molecule has 1 rings (SSSR count). The van der Waals surface area contributed by atoms with Crippen LogP contribution in [0.25, 0.3) is 10.4 Å². The van der Waals surface area contributed by atoms with E-state index in [1.807, 2.05) is 24.3 Å². The SMILES string of the molecule is COc1cccc(CCCN=[N+]=[N-])c1. The monoisotopic (exact) mass is 191 g/mol. The van der Waals surface area contributed by atoms with Gasteiger partial charge >= 0.3 is 0 Å². The number of rotatable bonds is 5. The van der Waals surface area contributed by atoms with Crippen molar-refractivity contribution in [1.82, 2.24) is 0 Å². The van der Waals surface area contributed by atoms with Gasteiger partial charge in [0.25, 0.3) is 0 Å². The van der Waals surface area contributed by atoms with Crippen LogP contribution in [0.4, 0.5) is 0 Å². The summed E-state index contributed by atoms with van der Waals surface area (Å²) in [5.74, 6) is 0.867. The van der Waals surface area contributed by atoms with Crippen LogP contribution in [-0.4, -0.2) is 13.7 Å². The van der Waals surface area contributed by atoms with E-state index in [0.29, 0.717) is 6.54 Å². The summed E-state index contributed by atoms with van der Waals surface area (Å²) in [4.78, 5) is 2.70. The first-order valence-corrected chi connectivity index (χ1v) is 4.50. The maximum Gasteiger partial charge on any atom is 0.119 e. The Kier molecular flexibility index (Phi) is 4.38. The molecular weight excluding hydrogens is 178 g/mol. The molecular formula is C10H13N3O. The minimum Gasteiger partial charge on any atom is -0.497 e. The van der Waals surface area contributed by atoms with Gasteiger partial charge < -0.3 is 4.74 Å². The standard InChI is InChI=1S/C10H13N3O/c1-14-10-6-2-4-9(8-10)5-3-7-12-13-11/h2,4,6,8H,3,5,7H2,1H3. The quantitative estimate of drug-likeness (QED) is 0.305. The molecule has 0 N–H and O–H groups in total. The fourth-order valence-electron chi connectivity index (χ4n) is 1.23. The summed E-state index contributed by atoms with van der Waals surface area (Å²) in [6.45, 7) is 0.549. The van der Waals surface area contributed by atoms with Crippen molar-refractivity contribution in [2.75, 3.05) is 13.7 Å². The third-order valence-electron chi connectivity index (χ3n) is 1.92. The highest BCUT2D eigenvalue weighted by Crippen LogP contribution is 2.13. The molecule has 0 radical (unpaired) electrons. The second-order valence-electron chi connectivity index (χ2n) is 2.91. The van der Waals surface area contributed by atoms with Gasteiger partial charge in [-0.25, -0.2) is 0 Å². The average Bonchev–Trinajstić information content (AvgIpc) is 2.25. The molecule has 0 bridgehead atoms. The van der Waals surface area contributed by atoms with Gasteiger partial charge in [0.1, 0.15) is 5.75 Å². The van der Waals surface area contributed by atoms with Crippen LogP contribution in [0.2, 0.25) is 0 Å². The van der Waals surface area contributed by atoms with E-state index in [1.54, 1.807) is 7.11 Å². The molecule has 74 valence electrons. The normalized spacial score (nSPS) is 9.21. The number of ether oxygens (including phenoxy) is 1. The zero-order chi connectivity index (χ0) is 10.2. The Morgan fingerprint density at radius 3 is 3.07 bits per heavy atom. The van der Waals surface area contributed by atoms with Crippen molar-refractivity contribution in [2.45, 2.75) is 12.8 Å². The number of benzene rings is 1. The van der Waals surface area contributed by atoms with Crippen LogP contribution in [0.15, 0.2) is 29.4 Å². The van der Waals surface area contributed by atoms with Gasteiger partial charge in [0.05, 0.1) is 7.11 Å². The number of methoxy groups -OCH3 is 1. The lowest BCUT2D eigenvalue weighted by molar-refractivity contribution is 0.414. The first-order valence-electron chi connectivity index (χ1n) is 4.50. The van der Waals surface area contributed by atoms with E-state index < -0.39 is 0 Å². The van der Waals surface area contributed by atoms with Crippen molar-refractivity contribution < 1.29 is 4.74 Å². The third-order valence-corrected chi connectivity index (χ3v) is 1.92. The van der Waals surface area contributed by atoms with Gasteiger partial charge in [0.15, 0.2) is 0 Å². The lowest BCUT2D eigenvalue weighted by Crippen LogP contribution is -1.89. The molecule has 0 spiro atoms. The topological polar surface area (TPSA) is 58.0 Å². The molecule has 1 aromatic rings. The molecule has 0 aliphatic rings. The van der Waals surface area contributed by atoms with Crippen LogP contribution in [0.1, 0.15) is 12.0 Å². The van der Waals surface area contributed by atoms with Gasteiger partial charge in [-0.05, 0) is 36.1 Å². The van der Waals surface area contributed by atoms with E-state index in [9.17, 15) is 0 Å². The highest BCUT2D eigenvalue weighted by Gasteiger charge is 1.94. The Hall–Kier alpha value is -1.67. The molecule has 1 aromatic carbocycles. The molecule has 0 aliphatic carbocycles. The Bertz CT molecular complexity index is 332. The van der Waals surface area contributed by atoms with E-state index in [-0.39, 0.29) is 0 Å². The lowest BCUT2D eigenvalue weighted by atomic mass is 10.1. The molecule has 0 fully saturated rings. The van der Waals surface area contributed by atoms with Gasteiger partial charge in [-0.15, -0.1) is 0 Å². The smallest absolute Gasteiger partial charge is 0.119 e. The molecule has 4 nitrogen and oxygen atoms in total. The summed E-state index contributed by atoms with van der Waals surface area (Å²) < 4.78 is 5.10. The van der Waals surface area contributed by atoms with E-state index in [4.69, 9.17) is 10.3 Å². The highest BCUT2D eigenvalue weighted by atomic mass is 16.5. The van der Waals surface area contributed by atoms with Gasteiger partial charge in [0.2, 0.25) is 0 Å². The van der Waals surface area contributed by atoms with Gasteiger partial charge in [-0.3, -0.25) is 0 Å². The number of aryl methyl sites for hydroxylation is 1. The second-order valence-corrected chi connectivity index (χ2v) is 2.91. The minimum absolute atomic E-state index is 0.549. The summed E-state index contributed by atoms with van der Waals surface area (Å²) in [6.07, 6.45) is 1.79. The predicted molar refractivity (Wildman–Crippen MR) is 55.3 cm³/mol. The maximum atomic E-state index is 8.08. The average molecular weight is 191 g/mol. The lowest BCUT2D eigenvalue weighted by Gasteiger charge is -2.02. The predicted octanol–water partition coefficient (Wildman–Crippen LogP) is 2.94. The van der Waals surface area contributed by atoms with Crippen molar-refractivity contribution in [3.05, 3.63) is 40.3 Å². The largest absolute Gasteiger partial charge is 0.497 e. The van der Waals surface area contributed by atoms with Crippen LogP contribution in [0, 0.1) is 0 Å². The van der Waals surface area contributed by atoms with Crippen LogP contribution < -0.4 is 4.74 Å². The van der Waals surface area contributed by atoms with Crippen molar-refractivity contribution >= 4 is 0 Å².